The van der Waals surface area contributed by atoms with E-state index in [9.17, 15) is 9.59 Å². The molecule has 0 radical (unpaired) electrons. The second kappa shape index (κ2) is 8.49. The lowest BCUT2D eigenvalue weighted by Crippen LogP contribution is -2.16. The summed E-state index contributed by atoms with van der Waals surface area (Å²) < 4.78 is 5.79. The van der Waals surface area contributed by atoms with E-state index in [1.807, 2.05) is 0 Å². The zero-order valence-corrected chi connectivity index (χ0v) is 13.8. The summed E-state index contributed by atoms with van der Waals surface area (Å²) >= 11 is 0. The van der Waals surface area contributed by atoms with Crippen LogP contribution in [-0.4, -0.2) is 41.8 Å². The molecule has 0 spiro atoms. The van der Waals surface area contributed by atoms with Crippen LogP contribution in [-0.2, 0) is 28.9 Å². The number of carbonyl (C=O) groups is 2. The second-order valence-corrected chi connectivity index (χ2v) is 5.83. The van der Waals surface area contributed by atoms with Gasteiger partial charge in [0, 0.05) is 12.2 Å². The van der Waals surface area contributed by atoms with Gasteiger partial charge in [0.2, 0.25) is 0 Å². The Hall–Kier alpha value is -2.34. The number of fused-ring (bicyclic) bond motifs is 2. The summed E-state index contributed by atoms with van der Waals surface area (Å²) in [6.45, 7) is 5.39. The van der Waals surface area contributed by atoms with Crippen molar-refractivity contribution in [1.82, 2.24) is 5.32 Å². The minimum atomic E-state index is -1.26. The predicted molar refractivity (Wildman–Crippen MR) is 89.7 cm³/mol. The van der Waals surface area contributed by atoms with Gasteiger partial charge in [0.25, 0.3) is 0 Å². The molecule has 2 aliphatic rings. The molecule has 1 aromatic carbocycles. The highest BCUT2D eigenvalue weighted by Crippen LogP contribution is 2.33. The third-order valence-corrected chi connectivity index (χ3v) is 4.22. The zero-order valence-electron chi connectivity index (χ0n) is 13.8. The zero-order chi connectivity index (χ0) is 17.5. The van der Waals surface area contributed by atoms with Crippen LogP contribution in [0.3, 0.4) is 0 Å². The topological polar surface area (TPSA) is 95.9 Å². The van der Waals surface area contributed by atoms with Gasteiger partial charge in [-0.15, -0.1) is 0 Å². The monoisotopic (exact) mass is 333 g/mol. The highest BCUT2D eigenvalue weighted by atomic mass is 16.5. The van der Waals surface area contributed by atoms with Crippen molar-refractivity contribution in [2.24, 2.45) is 0 Å². The number of carboxylic acid groups (broad SMARTS) is 2. The number of nitrogens with one attached hydrogen (secondary N) is 1. The molecular formula is C18H23NO5. The van der Waals surface area contributed by atoms with Crippen molar-refractivity contribution >= 4 is 11.9 Å². The molecule has 2 heterocycles. The minimum absolute atomic E-state index is 0.558. The Morgan fingerprint density at radius 2 is 1.75 bits per heavy atom. The third kappa shape index (κ3) is 4.83. The molecule has 6 heteroatoms. The van der Waals surface area contributed by atoms with Crippen LogP contribution < -0.4 is 10.1 Å². The lowest BCUT2D eigenvalue weighted by Gasteiger charge is -2.23. The summed E-state index contributed by atoms with van der Waals surface area (Å²) in [7, 11) is 0. The highest BCUT2D eigenvalue weighted by molar-refractivity contribution is 5.89. The Bertz CT molecular complexity index is 635. The van der Waals surface area contributed by atoms with Gasteiger partial charge in [0.1, 0.15) is 5.75 Å². The quantitative estimate of drug-likeness (QED) is 0.713. The average molecular weight is 333 g/mol. The summed E-state index contributed by atoms with van der Waals surface area (Å²) in [5.74, 6) is -1.36. The summed E-state index contributed by atoms with van der Waals surface area (Å²) in [5, 5.41) is 19.1. The number of rotatable bonds is 2. The third-order valence-electron chi connectivity index (χ3n) is 4.22. The molecule has 0 amide bonds. The predicted octanol–water partition coefficient (Wildman–Crippen LogP) is 1.72. The van der Waals surface area contributed by atoms with E-state index in [0.29, 0.717) is 12.2 Å². The van der Waals surface area contributed by atoms with Gasteiger partial charge in [-0.05, 0) is 74.0 Å². The van der Waals surface area contributed by atoms with Gasteiger partial charge in [-0.1, -0.05) is 0 Å². The number of benzene rings is 1. The Morgan fingerprint density at radius 3 is 2.42 bits per heavy atom. The van der Waals surface area contributed by atoms with E-state index in [2.05, 4.69) is 18.3 Å². The fourth-order valence-electron chi connectivity index (χ4n) is 3.09. The lowest BCUT2D eigenvalue weighted by molar-refractivity contribution is -0.134. The molecule has 0 saturated heterocycles. The molecule has 6 nitrogen and oxygen atoms in total. The molecule has 1 aromatic rings. The van der Waals surface area contributed by atoms with E-state index < -0.39 is 11.9 Å². The van der Waals surface area contributed by atoms with E-state index >= 15 is 0 Å². The fraction of sp³-hybridized carbons (Fsp3) is 0.444. The summed E-state index contributed by atoms with van der Waals surface area (Å²) in [6.07, 6.45) is 5.80. The first kappa shape index (κ1) is 18.0. The largest absolute Gasteiger partial charge is 0.493 e. The fourth-order valence-corrected chi connectivity index (χ4v) is 3.09. The molecule has 3 N–H and O–H groups in total. The smallest absolute Gasteiger partial charge is 0.328 e. The van der Waals surface area contributed by atoms with Gasteiger partial charge < -0.3 is 20.3 Å². The van der Waals surface area contributed by atoms with Crippen molar-refractivity contribution in [2.75, 3.05) is 19.7 Å². The van der Waals surface area contributed by atoms with Gasteiger partial charge in [0.15, 0.2) is 0 Å². The van der Waals surface area contributed by atoms with Crippen LogP contribution in [0.5, 0.6) is 5.75 Å². The van der Waals surface area contributed by atoms with Crippen LogP contribution in [0.2, 0.25) is 0 Å². The summed E-state index contributed by atoms with van der Waals surface area (Å²) in [6, 6.07) is 2.30. The molecule has 3 rings (SSSR count). The maximum absolute atomic E-state index is 9.55. The van der Waals surface area contributed by atoms with Crippen LogP contribution in [0.25, 0.3) is 0 Å². The van der Waals surface area contributed by atoms with E-state index in [1.165, 1.54) is 36.0 Å². The van der Waals surface area contributed by atoms with Gasteiger partial charge >= 0.3 is 11.9 Å². The van der Waals surface area contributed by atoms with Crippen molar-refractivity contribution in [3.05, 3.63) is 40.5 Å². The average Bonchev–Trinajstić information content (AvgIpc) is 2.79. The van der Waals surface area contributed by atoms with Crippen LogP contribution in [0, 0.1) is 6.92 Å². The van der Waals surface area contributed by atoms with Crippen molar-refractivity contribution in [3.63, 3.8) is 0 Å². The molecule has 0 saturated carbocycles. The lowest BCUT2D eigenvalue weighted by atomic mass is 9.90. The van der Waals surface area contributed by atoms with Crippen molar-refractivity contribution in [3.8, 4) is 5.75 Å². The molecule has 0 aromatic heterocycles. The molecule has 130 valence electrons. The molecule has 0 aliphatic carbocycles. The number of ether oxygens (including phenoxy) is 1. The van der Waals surface area contributed by atoms with Gasteiger partial charge in [-0.25, -0.2) is 9.59 Å². The molecule has 24 heavy (non-hydrogen) atoms. The van der Waals surface area contributed by atoms with Crippen LogP contribution >= 0.6 is 0 Å². The Morgan fingerprint density at radius 1 is 1.08 bits per heavy atom. The van der Waals surface area contributed by atoms with E-state index in [4.69, 9.17) is 14.9 Å². The van der Waals surface area contributed by atoms with E-state index in [0.717, 1.165) is 31.9 Å². The van der Waals surface area contributed by atoms with E-state index in [1.54, 1.807) is 5.56 Å². The number of aliphatic carboxylic acids is 2. The molecular weight excluding hydrogens is 310 g/mol. The van der Waals surface area contributed by atoms with Crippen LogP contribution in [0.15, 0.2) is 18.2 Å². The van der Waals surface area contributed by atoms with Gasteiger partial charge in [-0.2, -0.15) is 0 Å². The Balaban J connectivity index is 0.000000224. The first-order valence-electron chi connectivity index (χ1n) is 8.10. The standard InChI is InChI=1S/C14H19NO.C4H4O4/c1-10-12-5-7-15-6-4-11(12)9-14-13(10)3-2-8-16-14;5-3(6)1-2-4(7)8/h9,15H,2-8H2,1H3;1-2H,(H,5,6)(H,7,8)/b;2-1+. The van der Waals surface area contributed by atoms with Gasteiger partial charge in [0.05, 0.1) is 6.61 Å². The van der Waals surface area contributed by atoms with Crippen LogP contribution in [0.1, 0.15) is 28.7 Å². The normalized spacial score (nSPS) is 16.0. The molecule has 0 fully saturated rings. The highest BCUT2D eigenvalue weighted by Gasteiger charge is 2.19. The summed E-state index contributed by atoms with van der Waals surface area (Å²) in [5.41, 5.74) is 6.04. The van der Waals surface area contributed by atoms with E-state index in [-0.39, 0.29) is 0 Å². The van der Waals surface area contributed by atoms with Crippen LogP contribution in [0.4, 0.5) is 0 Å². The molecule has 0 atom stereocenters. The molecule has 2 aliphatic heterocycles. The molecule has 0 unspecified atom stereocenters. The minimum Gasteiger partial charge on any atom is -0.493 e. The Labute approximate surface area is 141 Å². The van der Waals surface area contributed by atoms with Gasteiger partial charge in [-0.3, -0.25) is 0 Å². The number of hydrogen-bond acceptors (Lipinski definition) is 4. The molecule has 0 bridgehead atoms. The maximum atomic E-state index is 9.55. The second-order valence-electron chi connectivity index (χ2n) is 5.83. The first-order chi connectivity index (χ1) is 11.5. The van der Waals surface area contributed by atoms with Crippen molar-refractivity contribution in [1.29, 1.82) is 0 Å². The SMILES string of the molecule is Cc1c2c(cc3c1CCCO3)CCNCC2.O=C(O)/C=C/C(=O)O. The summed E-state index contributed by atoms with van der Waals surface area (Å²) in [4.78, 5) is 19.1. The first-order valence-corrected chi connectivity index (χ1v) is 8.10. The maximum Gasteiger partial charge on any atom is 0.328 e. The number of carboxylic acids is 2. The van der Waals surface area contributed by atoms with Crippen molar-refractivity contribution < 1.29 is 24.5 Å². The number of hydrogen-bond donors (Lipinski definition) is 3. The van der Waals surface area contributed by atoms with Crippen molar-refractivity contribution in [2.45, 2.75) is 32.6 Å². The Kier molecular flexibility index (Phi) is 6.37.